The Balaban J connectivity index is 1.52. The number of carbonyl (C=O) groups excluding carboxylic acids is 2. The van der Waals surface area contributed by atoms with Gasteiger partial charge in [0.25, 0.3) is 11.7 Å². The summed E-state index contributed by atoms with van der Waals surface area (Å²) < 4.78 is 6.83. The smallest absolute Gasteiger partial charge is 0.378 e. The first-order chi connectivity index (χ1) is 16.0. The SMILES string of the molecule is CN(C(=O)COC(=O)c1nc(-c2ccccc2)n(-c2ccccc2)n1)C1(C#N)CCCCC1. The van der Waals surface area contributed by atoms with Gasteiger partial charge in [-0.2, -0.15) is 5.26 Å². The summed E-state index contributed by atoms with van der Waals surface area (Å²) in [5.74, 6) is -0.862. The lowest BCUT2D eigenvalue weighted by atomic mass is 9.81. The Labute approximate surface area is 192 Å². The summed E-state index contributed by atoms with van der Waals surface area (Å²) in [4.78, 5) is 31.3. The zero-order valence-corrected chi connectivity index (χ0v) is 18.5. The highest BCUT2D eigenvalue weighted by atomic mass is 16.5. The van der Waals surface area contributed by atoms with E-state index in [1.807, 2.05) is 60.7 Å². The second-order valence-corrected chi connectivity index (χ2v) is 8.11. The van der Waals surface area contributed by atoms with Gasteiger partial charge in [-0.1, -0.05) is 67.8 Å². The third-order valence-electron chi connectivity index (χ3n) is 6.05. The molecule has 1 aliphatic rings. The van der Waals surface area contributed by atoms with Gasteiger partial charge in [-0.05, 0) is 25.0 Å². The van der Waals surface area contributed by atoms with Crippen molar-refractivity contribution in [2.45, 2.75) is 37.6 Å². The van der Waals surface area contributed by atoms with E-state index in [1.54, 1.807) is 11.7 Å². The number of ether oxygens (including phenoxy) is 1. The Hall–Kier alpha value is -3.99. The predicted octanol–water partition coefficient (Wildman–Crippen LogP) is 3.78. The van der Waals surface area contributed by atoms with Gasteiger partial charge in [0.1, 0.15) is 5.54 Å². The lowest BCUT2D eigenvalue weighted by molar-refractivity contribution is -0.138. The molecule has 0 aliphatic heterocycles. The standard InChI is InChI=1S/C25H25N5O3/c1-29(25(18-26)15-9-4-10-16-25)21(31)17-33-24(32)22-27-23(19-11-5-2-6-12-19)30(28-22)20-13-7-3-8-14-20/h2-3,5-8,11-14H,4,9-10,15-17H2,1H3. The normalized spacial score (nSPS) is 14.8. The average molecular weight is 444 g/mol. The first-order valence-electron chi connectivity index (χ1n) is 11.0. The molecule has 1 fully saturated rings. The number of likely N-dealkylation sites (N-methyl/N-ethyl adjacent to an activating group) is 1. The van der Waals surface area contributed by atoms with Crippen LogP contribution >= 0.6 is 0 Å². The molecule has 0 spiro atoms. The molecule has 8 heteroatoms. The number of nitriles is 1. The zero-order valence-electron chi connectivity index (χ0n) is 18.5. The summed E-state index contributed by atoms with van der Waals surface area (Å²) in [5.41, 5.74) is 0.693. The van der Waals surface area contributed by atoms with E-state index in [0.717, 1.165) is 30.5 Å². The molecule has 1 amide bonds. The van der Waals surface area contributed by atoms with Gasteiger partial charge in [-0.15, -0.1) is 5.10 Å². The van der Waals surface area contributed by atoms with Crippen molar-refractivity contribution in [3.8, 4) is 23.1 Å². The van der Waals surface area contributed by atoms with Gasteiger partial charge in [0.2, 0.25) is 0 Å². The molecule has 1 aromatic heterocycles. The number of amides is 1. The molecule has 0 radical (unpaired) electrons. The molecule has 1 heterocycles. The van der Waals surface area contributed by atoms with Crippen LogP contribution < -0.4 is 0 Å². The Morgan fingerprint density at radius 1 is 1.06 bits per heavy atom. The minimum Gasteiger partial charge on any atom is -0.450 e. The van der Waals surface area contributed by atoms with Crippen molar-refractivity contribution in [3.63, 3.8) is 0 Å². The van der Waals surface area contributed by atoms with Gasteiger partial charge in [-0.25, -0.2) is 14.5 Å². The van der Waals surface area contributed by atoms with Gasteiger partial charge in [0.15, 0.2) is 12.4 Å². The third kappa shape index (κ3) is 4.62. The first-order valence-corrected chi connectivity index (χ1v) is 11.0. The van der Waals surface area contributed by atoms with E-state index in [1.165, 1.54) is 4.90 Å². The number of para-hydroxylation sites is 1. The number of esters is 1. The third-order valence-corrected chi connectivity index (χ3v) is 6.05. The van der Waals surface area contributed by atoms with Crippen LogP contribution in [0.3, 0.4) is 0 Å². The van der Waals surface area contributed by atoms with Crippen LogP contribution in [0.1, 0.15) is 42.7 Å². The van der Waals surface area contributed by atoms with Gasteiger partial charge >= 0.3 is 5.97 Å². The van der Waals surface area contributed by atoms with Gasteiger partial charge in [0.05, 0.1) is 11.8 Å². The molecule has 1 saturated carbocycles. The minimum absolute atomic E-state index is 0.138. The maximum atomic E-state index is 12.7. The van der Waals surface area contributed by atoms with Crippen LogP contribution in [0.15, 0.2) is 60.7 Å². The van der Waals surface area contributed by atoms with E-state index in [-0.39, 0.29) is 5.82 Å². The molecule has 33 heavy (non-hydrogen) atoms. The molecule has 0 N–H and O–H groups in total. The number of aromatic nitrogens is 3. The molecule has 0 unspecified atom stereocenters. The quantitative estimate of drug-likeness (QED) is 0.538. The minimum atomic E-state index is -0.838. The highest BCUT2D eigenvalue weighted by Crippen LogP contribution is 2.32. The van der Waals surface area contributed by atoms with Crippen LogP contribution in [0.5, 0.6) is 0 Å². The molecule has 3 aromatic rings. The Bertz CT molecular complexity index is 1100. The molecule has 4 rings (SSSR count). The van der Waals surface area contributed by atoms with E-state index < -0.39 is 24.0 Å². The van der Waals surface area contributed by atoms with Crippen molar-refractivity contribution in [2.24, 2.45) is 0 Å². The average Bonchev–Trinajstić information content (AvgIpc) is 3.34. The summed E-state index contributed by atoms with van der Waals surface area (Å²) in [5, 5.41) is 14.0. The van der Waals surface area contributed by atoms with Gasteiger partial charge in [-0.3, -0.25) is 4.79 Å². The van der Waals surface area contributed by atoms with Crippen LogP contribution in [0, 0.1) is 11.3 Å². The lowest BCUT2D eigenvalue weighted by Crippen LogP contribution is -2.51. The van der Waals surface area contributed by atoms with Crippen LogP contribution in [0.2, 0.25) is 0 Å². The maximum absolute atomic E-state index is 12.7. The zero-order chi connectivity index (χ0) is 23.3. The van der Waals surface area contributed by atoms with E-state index in [9.17, 15) is 14.9 Å². The van der Waals surface area contributed by atoms with Crippen molar-refractivity contribution < 1.29 is 14.3 Å². The molecule has 1 aliphatic carbocycles. The second-order valence-electron chi connectivity index (χ2n) is 8.11. The molecular formula is C25H25N5O3. The Morgan fingerprint density at radius 2 is 1.70 bits per heavy atom. The monoisotopic (exact) mass is 443 g/mol. The summed E-state index contributed by atoms with van der Waals surface area (Å²) in [6.07, 6.45) is 4.11. The fourth-order valence-corrected chi connectivity index (χ4v) is 4.11. The number of nitrogens with zero attached hydrogens (tertiary/aromatic N) is 5. The molecule has 0 atom stereocenters. The topological polar surface area (TPSA) is 101 Å². The fourth-order valence-electron chi connectivity index (χ4n) is 4.11. The Kier molecular flexibility index (Phi) is 6.50. The second kappa shape index (κ2) is 9.65. The Morgan fingerprint density at radius 3 is 2.33 bits per heavy atom. The van der Waals surface area contributed by atoms with Crippen molar-refractivity contribution in [1.82, 2.24) is 19.7 Å². The maximum Gasteiger partial charge on any atom is 0.378 e. The molecule has 0 saturated heterocycles. The molecule has 0 bridgehead atoms. The highest BCUT2D eigenvalue weighted by Gasteiger charge is 2.39. The van der Waals surface area contributed by atoms with Crippen LogP contribution in [0.25, 0.3) is 17.1 Å². The molecule has 168 valence electrons. The number of hydrogen-bond donors (Lipinski definition) is 0. The highest BCUT2D eigenvalue weighted by molar-refractivity contribution is 5.88. The fraction of sp³-hybridized carbons (Fsp3) is 0.320. The predicted molar refractivity (Wildman–Crippen MR) is 121 cm³/mol. The summed E-state index contributed by atoms with van der Waals surface area (Å²) >= 11 is 0. The van der Waals surface area contributed by atoms with Crippen molar-refractivity contribution in [1.29, 1.82) is 5.26 Å². The van der Waals surface area contributed by atoms with E-state index in [4.69, 9.17) is 4.74 Å². The summed E-state index contributed by atoms with van der Waals surface area (Å²) in [6, 6.07) is 21.1. The van der Waals surface area contributed by atoms with Crippen molar-refractivity contribution >= 4 is 11.9 Å². The number of benzene rings is 2. The molecule has 8 nitrogen and oxygen atoms in total. The number of rotatable bonds is 6. The van der Waals surface area contributed by atoms with Crippen molar-refractivity contribution in [2.75, 3.05) is 13.7 Å². The lowest BCUT2D eigenvalue weighted by Gasteiger charge is -2.38. The number of carbonyl (C=O) groups is 2. The van der Waals surface area contributed by atoms with Crippen LogP contribution in [-0.4, -0.2) is 50.7 Å². The van der Waals surface area contributed by atoms with E-state index >= 15 is 0 Å². The van der Waals surface area contributed by atoms with E-state index in [2.05, 4.69) is 16.2 Å². The molecule has 2 aromatic carbocycles. The van der Waals surface area contributed by atoms with Crippen LogP contribution in [-0.2, 0) is 9.53 Å². The first kappa shape index (κ1) is 22.2. The van der Waals surface area contributed by atoms with Crippen molar-refractivity contribution in [3.05, 3.63) is 66.5 Å². The van der Waals surface area contributed by atoms with Crippen LogP contribution in [0.4, 0.5) is 0 Å². The van der Waals surface area contributed by atoms with Gasteiger partial charge < -0.3 is 9.64 Å². The van der Waals surface area contributed by atoms with Gasteiger partial charge in [0, 0.05) is 12.6 Å². The number of hydrogen-bond acceptors (Lipinski definition) is 6. The summed E-state index contributed by atoms with van der Waals surface area (Å²) in [7, 11) is 1.60. The summed E-state index contributed by atoms with van der Waals surface area (Å²) in [6.45, 7) is -0.473. The largest absolute Gasteiger partial charge is 0.450 e. The van der Waals surface area contributed by atoms with E-state index in [0.29, 0.717) is 18.7 Å². The molecular weight excluding hydrogens is 418 g/mol.